The van der Waals surface area contributed by atoms with Gasteiger partial charge in [-0.3, -0.25) is 19.7 Å². The Kier molecular flexibility index (Phi) is 6.04. The monoisotopic (exact) mass is 427 g/mol. The number of benzene rings is 1. The summed E-state index contributed by atoms with van der Waals surface area (Å²) < 4.78 is 0. The quantitative estimate of drug-likeness (QED) is 0.592. The van der Waals surface area contributed by atoms with Crippen molar-refractivity contribution < 1.29 is 9.59 Å². The number of carbonyl (C=O) groups excluding carboxylic acids is 2. The number of pyridine rings is 1. The summed E-state index contributed by atoms with van der Waals surface area (Å²) in [5, 5.41) is 9.62. The Morgan fingerprint density at radius 2 is 2.09 bits per heavy atom. The van der Waals surface area contributed by atoms with Crippen molar-refractivity contribution >= 4 is 11.8 Å². The van der Waals surface area contributed by atoms with Gasteiger partial charge in [0.2, 0.25) is 5.91 Å². The van der Waals surface area contributed by atoms with Crippen LogP contribution in [0.1, 0.15) is 28.0 Å². The van der Waals surface area contributed by atoms with E-state index in [-0.39, 0.29) is 18.4 Å². The molecule has 1 atom stereocenters. The smallest absolute Gasteiger partial charge is 0.257 e. The van der Waals surface area contributed by atoms with Crippen LogP contribution in [0.15, 0.2) is 55.0 Å². The second kappa shape index (κ2) is 9.06. The molecule has 1 aliphatic rings. The molecule has 0 unspecified atom stereocenters. The molecular weight excluding hydrogens is 402 g/mol. The molecule has 2 amide bonds. The van der Waals surface area contributed by atoms with Gasteiger partial charge in [-0.25, -0.2) is 0 Å². The lowest BCUT2D eigenvalue weighted by Crippen LogP contribution is -2.45. The normalized spacial score (nSPS) is 17.7. The molecule has 1 aliphatic heterocycles. The maximum atomic E-state index is 13.3. The first kappa shape index (κ1) is 21.3. The lowest BCUT2D eigenvalue weighted by Gasteiger charge is -2.29. The van der Waals surface area contributed by atoms with E-state index in [1.165, 1.54) is 6.20 Å². The third-order valence-electron chi connectivity index (χ3n) is 6.05. The molecular formula is C25H25N5O2. The van der Waals surface area contributed by atoms with Crippen LogP contribution in [-0.2, 0) is 11.2 Å². The van der Waals surface area contributed by atoms with E-state index in [1.807, 2.05) is 49.5 Å². The van der Waals surface area contributed by atoms with Gasteiger partial charge in [0, 0.05) is 36.7 Å². The molecule has 2 aromatic heterocycles. The van der Waals surface area contributed by atoms with Crippen molar-refractivity contribution in [2.45, 2.75) is 19.8 Å². The Labute approximate surface area is 187 Å². The summed E-state index contributed by atoms with van der Waals surface area (Å²) >= 11 is 0. The number of aryl methyl sites for hydroxylation is 1. The molecule has 162 valence electrons. The molecule has 4 rings (SSSR count). The number of carbonyl (C=O) groups is 2. The number of hydrogen-bond donors (Lipinski definition) is 2. The zero-order chi connectivity index (χ0) is 22.6. The van der Waals surface area contributed by atoms with Crippen LogP contribution >= 0.6 is 0 Å². The van der Waals surface area contributed by atoms with E-state index >= 15 is 0 Å². The van der Waals surface area contributed by atoms with Crippen LogP contribution < -0.4 is 5.32 Å². The first-order chi connectivity index (χ1) is 15.5. The number of hydrogen-bond acceptors (Lipinski definition) is 4. The molecule has 3 aromatic rings. The fourth-order valence-electron chi connectivity index (χ4n) is 4.35. The molecule has 2 N–H and O–H groups in total. The van der Waals surface area contributed by atoms with Gasteiger partial charge in [-0.1, -0.05) is 36.3 Å². The number of aromatic amines is 1. The molecule has 7 nitrogen and oxygen atoms in total. The number of likely N-dealkylation sites (tertiary alicyclic amines) is 1. The van der Waals surface area contributed by atoms with Crippen molar-refractivity contribution in [1.29, 1.82) is 0 Å². The minimum absolute atomic E-state index is 0.122. The van der Waals surface area contributed by atoms with Crippen LogP contribution in [0.2, 0.25) is 0 Å². The predicted molar refractivity (Wildman–Crippen MR) is 121 cm³/mol. The second-order valence-electron chi connectivity index (χ2n) is 8.13. The predicted octanol–water partition coefficient (Wildman–Crippen LogP) is 2.60. The van der Waals surface area contributed by atoms with E-state index in [1.54, 1.807) is 11.1 Å². The average molecular weight is 428 g/mol. The number of amides is 2. The molecule has 0 bridgehead atoms. The minimum atomic E-state index is -0.775. The summed E-state index contributed by atoms with van der Waals surface area (Å²) in [7, 11) is 0. The Bertz CT molecular complexity index is 1160. The van der Waals surface area contributed by atoms with Crippen LogP contribution in [0.25, 0.3) is 11.1 Å². The van der Waals surface area contributed by atoms with Gasteiger partial charge >= 0.3 is 0 Å². The van der Waals surface area contributed by atoms with Gasteiger partial charge in [-0.15, -0.1) is 6.42 Å². The third-order valence-corrected chi connectivity index (χ3v) is 6.05. The maximum absolute atomic E-state index is 13.3. The highest BCUT2D eigenvalue weighted by molar-refractivity contribution is 5.96. The molecule has 0 radical (unpaired) electrons. The van der Waals surface area contributed by atoms with Gasteiger partial charge in [-0.05, 0) is 37.0 Å². The van der Waals surface area contributed by atoms with Gasteiger partial charge < -0.3 is 10.2 Å². The topological polar surface area (TPSA) is 91.0 Å². The summed E-state index contributed by atoms with van der Waals surface area (Å²) in [5.74, 6) is 2.22. The standard InChI is InChI=1S/C25H25N5O2/c1-3-11-27-24(32)25(10-13-30(17-25)23(31)22-16-28-29-18(22)2)14-19-7-4-5-9-21(19)20-8-6-12-26-15-20/h1,4-9,12,15-16H,10-11,13-14,17H2,2H3,(H,27,32)(H,28,29)/t25-/m1/s1. The van der Waals surface area contributed by atoms with Crippen LogP contribution in [0, 0.1) is 24.7 Å². The minimum Gasteiger partial charge on any atom is -0.345 e. The van der Waals surface area contributed by atoms with Gasteiger partial charge in [0.1, 0.15) is 0 Å². The average Bonchev–Trinajstić information content (AvgIpc) is 3.45. The highest BCUT2D eigenvalue weighted by Gasteiger charge is 2.46. The lowest BCUT2D eigenvalue weighted by atomic mass is 9.78. The molecule has 32 heavy (non-hydrogen) atoms. The molecule has 1 fully saturated rings. The zero-order valence-electron chi connectivity index (χ0n) is 18.0. The van der Waals surface area contributed by atoms with Gasteiger partial charge in [-0.2, -0.15) is 5.10 Å². The van der Waals surface area contributed by atoms with Crippen LogP contribution in [0.5, 0.6) is 0 Å². The van der Waals surface area contributed by atoms with Crippen molar-refractivity contribution in [3.8, 4) is 23.5 Å². The molecule has 0 spiro atoms. The second-order valence-corrected chi connectivity index (χ2v) is 8.13. The van der Waals surface area contributed by atoms with Crippen molar-refractivity contribution in [2.24, 2.45) is 5.41 Å². The van der Waals surface area contributed by atoms with Crippen molar-refractivity contribution in [1.82, 2.24) is 25.4 Å². The molecule has 0 saturated carbocycles. The summed E-state index contributed by atoms with van der Waals surface area (Å²) in [6.45, 7) is 2.77. The van der Waals surface area contributed by atoms with E-state index < -0.39 is 5.41 Å². The number of nitrogens with zero attached hydrogens (tertiary/aromatic N) is 3. The van der Waals surface area contributed by atoms with E-state index in [0.717, 1.165) is 16.7 Å². The summed E-state index contributed by atoms with van der Waals surface area (Å²) in [6.07, 6.45) is 11.5. The fraction of sp³-hybridized carbons (Fsp3) is 0.280. The lowest BCUT2D eigenvalue weighted by molar-refractivity contribution is -0.130. The fourth-order valence-corrected chi connectivity index (χ4v) is 4.35. The van der Waals surface area contributed by atoms with Crippen LogP contribution in [0.3, 0.4) is 0 Å². The Balaban J connectivity index is 1.66. The first-order valence-corrected chi connectivity index (χ1v) is 10.5. The van der Waals surface area contributed by atoms with E-state index in [9.17, 15) is 9.59 Å². The highest BCUT2D eigenvalue weighted by atomic mass is 16.2. The SMILES string of the molecule is C#CCNC(=O)[C@@]1(Cc2ccccc2-c2cccnc2)CCN(C(=O)c2cn[nH]c2C)C1. The molecule has 3 heterocycles. The number of H-pyrrole nitrogens is 1. The summed E-state index contributed by atoms with van der Waals surface area (Å²) in [5.41, 5.74) is 3.52. The third kappa shape index (κ3) is 4.12. The van der Waals surface area contributed by atoms with Crippen LogP contribution in [-0.4, -0.2) is 51.5 Å². The van der Waals surface area contributed by atoms with E-state index in [0.29, 0.717) is 37.2 Å². The molecule has 1 aromatic carbocycles. The van der Waals surface area contributed by atoms with Gasteiger partial charge in [0.05, 0.1) is 23.7 Å². The van der Waals surface area contributed by atoms with Crippen molar-refractivity contribution in [3.63, 3.8) is 0 Å². The van der Waals surface area contributed by atoms with E-state index in [2.05, 4.69) is 26.4 Å². The summed E-state index contributed by atoms with van der Waals surface area (Å²) in [6, 6.07) is 11.9. The summed E-state index contributed by atoms with van der Waals surface area (Å²) in [4.78, 5) is 32.4. The van der Waals surface area contributed by atoms with Gasteiger partial charge in [0.25, 0.3) is 5.91 Å². The number of rotatable bonds is 6. The van der Waals surface area contributed by atoms with Crippen LogP contribution in [0.4, 0.5) is 0 Å². The van der Waals surface area contributed by atoms with Crippen molar-refractivity contribution in [2.75, 3.05) is 19.6 Å². The zero-order valence-corrected chi connectivity index (χ0v) is 18.0. The first-order valence-electron chi connectivity index (χ1n) is 10.5. The Morgan fingerprint density at radius 3 is 2.81 bits per heavy atom. The molecule has 1 saturated heterocycles. The Hall–Kier alpha value is -3.92. The number of nitrogens with one attached hydrogen (secondary N) is 2. The highest BCUT2D eigenvalue weighted by Crippen LogP contribution is 2.38. The maximum Gasteiger partial charge on any atom is 0.257 e. The molecule has 7 heteroatoms. The Morgan fingerprint density at radius 1 is 1.25 bits per heavy atom. The van der Waals surface area contributed by atoms with Gasteiger partial charge in [0.15, 0.2) is 0 Å². The largest absolute Gasteiger partial charge is 0.345 e. The number of terminal acetylenes is 1. The van der Waals surface area contributed by atoms with E-state index in [4.69, 9.17) is 6.42 Å². The number of aromatic nitrogens is 3. The van der Waals surface area contributed by atoms with Crippen molar-refractivity contribution in [3.05, 3.63) is 71.8 Å². The molecule has 0 aliphatic carbocycles.